The number of thiophene rings is 1. The lowest BCUT2D eigenvalue weighted by Gasteiger charge is -2.41. The molecule has 2 heterocycles. The molecule has 0 amide bonds. The standard InChI is InChI=1S/C20H25NO3S.ClH/c22-20(14-15-4-3-7-19-16(15)8-13-25-19)24-18-6-2-1-5-17(18)21-9-11-23-12-10-21;/h3-4,7-8,13,17-18H,1-2,5-6,9-12,14H2;1H/p-1. The van der Waals surface area contributed by atoms with E-state index in [4.69, 9.17) is 9.47 Å². The lowest BCUT2D eigenvalue weighted by Crippen LogP contribution is -3.00. The number of hydrogen-bond acceptors (Lipinski definition) is 5. The third kappa shape index (κ3) is 4.39. The van der Waals surface area contributed by atoms with Gasteiger partial charge in [0.05, 0.1) is 19.6 Å². The molecule has 2 fully saturated rings. The topological polar surface area (TPSA) is 38.8 Å². The van der Waals surface area contributed by atoms with Crippen molar-refractivity contribution in [3.05, 3.63) is 35.2 Å². The summed E-state index contributed by atoms with van der Waals surface area (Å²) in [5, 5.41) is 3.26. The molecule has 1 saturated carbocycles. The van der Waals surface area contributed by atoms with E-state index in [2.05, 4.69) is 22.4 Å². The zero-order valence-electron chi connectivity index (χ0n) is 14.9. The number of carbonyl (C=O) groups is 1. The van der Waals surface area contributed by atoms with Crippen molar-refractivity contribution >= 4 is 27.4 Å². The Morgan fingerprint density at radius 1 is 1.19 bits per heavy atom. The minimum atomic E-state index is -0.0936. The molecule has 1 saturated heterocycles. The van der Waals surface area contributed by atoms with Crippen LogP contribution in [0.3, 0.4) is 0 Å². The Kier molecular flexibility index (Phi) is 6.92. The maximum absolute atomic E-state index is 12.6. The summed E-state index contributed by atoms with van der Waals surface area (Å²) < 4.78 is 12.7. The smallest absolute Gasteiger partial charge is 0.310 e. The molecule has 2 aromatic rings. The molecule has 0 N–H and O–H groups in total. The highest BCUT2D eigenvalue weighted by Gasteiger charge is 2.33. The number of morpholine rings is 1. The second-order valence-corrected chi connectivity index (χ2v) is 7.90. The van der Waals surface area contributed by atoms with Gasteiger partial charge in [-0.15, -0.1) is 11.3 Å². The average Bonchev–Trinajstić information content (AvgIpc) is 3.13. The molecular weight excluding hydrogens is 370 g/mol. The lowest BCUT2D eigenvalue weighted by molar-refractivity contribution is -0.155. The zero-order chi connectivity index (χ0) is 17.1. The van der Waals surface area contributed by atoms with Crippen LogP contribution in [0, 0.1) is 0 Å². The van der Waals surface area contributed by atoms with Crippen molar-refractivity contribution < 1.29 is 26.7 Å². The molecular formula is C20H25ClNO3S-. The van der Waals surface area contributed by atoms with E-state index >= 15 is 0 Å². The maximum Gasteiger partial charge on any atom is 0.310 e. The third-order valence-corrected chi connectivity index (χ3v) is 6.27. The Balaban J connectivity index is 0.00000196. The van der Waals surface area contributed by atoms with Crippen LogP contribution in [0.1, 0.15) is 31.2 Å². The molecule has 1 aliphatic carbocycles. The second kappa shape index (κ2) is 9.18. The summed E-state index contributed by atoms with van der Waals surface area (Å²) in [5.41, 5.74) is 1.07. The third-order valence-electron chi connectivity index (χ3n) is 5.39. The molecule has 1 aromatic heterocycles. The van der Waals surface area contributed by atoms with Crippen LogP contribution in [0.15, 0.2) is 29.6 Å². The highest BCUT2D eigenvalue weighted by atomic mass is 35.5. The van der Waals surface area contributed by atoms with E-state index < -0.39 is 0 Å². The molecule has 4 nitrogen and oxygen atoms in total. The van der Waals surface area contributed by atoms with Crippen molar-refractivity contribution in [2.24, 2.45) is 0 Å². The van der Waals surface area contributed by atoms with E-state index in [1.807, 2.05) is 12.1 Å². The molecule has 0 spiro atoms. The van der Waals surface area contributed by atoms with Crippen LogP contribution in [0.25, 0.3) is 10.1 Å². The predicted molar refractivity (Wildman–Crippen MR) is 100 cm³/mol. The van der Waals surface area contributed by atoms with E-state index in [9.17, 15) is 4.79 Å². The van der Waals surface area contributed by atoms with Crippen LogP contribution in [0.2, 0.25) is 0 Å². The molecule has 2 atom stereocenters. The normalized spacial score (nSPS) is 24.2. The summed E-state index contributed by atoms with van der Waals surface area (Å²) in [5.74, 6) is -0.0936. The van der Waals surface area contributed by atoms with Crippen molar-refractivity contribution in [2.45, 2.75) is 44.2 Å². The molecule has 142 valence electrons. The summed E-state index contributed by atoms with van der Waals surface area (Å²) in [6, 6.07) is 8.62. The SMILES string of the molecule is O=C(Cc1cccc2sccc12)OC1CCCCC1N1CCOCC1.[Cl-]. The number of fused-ring (bicyclic) bond motifs is 1. The fourth-order valence-electron chi connectivity index (χ4n) is 4.12. The van der Waals surface area contributed by atoms with E-state index in [0.29, 0.717) is 12.5 Å². The van der Waals surface area contributed by atoms with E-state index in [-0.39, 0.29) is 24.5 Å². The first kappa shape index (κ1) is 19.6. The number of nitrogens with zero attached hydrogens (tertiary/aromatic N) is 1. The van der Waals surface area contributed by atoms with Gasteiger partial charge >= 0.3 is 5.97 Å². The Labute approximate surface area is 164 Å². The minimum Gasteiger partial charge on any atom is -1.00 e. The molecule has 1 aliphatic heterocycles. The fourth-order valence-corrected chi connectivity index (χ4v) is 4.95. The lowest BCUT2D eigenvalue weighted by atomic mass is 9.91. The summed E-state index contributed by atoms with van der Waals surface area (Å²) in [6.45, 7) is 3.48. The van der Waals surface area contributed by atoms with Gasteiger partial charge in [0.25, 0.3) is 0 Å². The molecule has 0 bridgehead atoms. The number of halogens is 1. The zero-order valence-corrected chi connectivity index (χ0v) is 16.4. The number of carbonyl (C=O) groups excluding carboxylic acids is 1. The Hall–Kier alpha value is -1.14. The first-order valence-electron chi connectivity index (χ1n) is 9.27. The molecule has 2 aliphatic rings. The van der Waals surface area contributed by atoms with Gasteiger partial charge in [-0.25, -0.2) is 0 Å². The van der Waals surface area contributed by atoms with Crippen LogP contribution >= 0.6 is 11.3 Å². The van der Waals surface area contributed by atoms with Crippen molar-refractivity contribution in [1.82, 2.24) is 4.90 Å². The number of ether oxygens (including phenoxy) is 2. The molecule has 4 rings (SSSR count). The van der Waals surface area contributed by atoms with Gasteiger partial charge in [0.15, 0.2) is 0 Å². The molecule has 0 radical (unpaired) electrons. The van der Waals surface area contributed by atoms with Gasteiger partial charge < -0.3 is 21.9 Å². The quantitative estimate of drug-likeness (QED) is 0.713. The monoisotopic (exact) mass is 394 g/mol. The van der Waals surface area contributed by atoms with Crippen molar-refractivity contribution in [1.29, 1.82) is 0 Å². The first-order valence-corrected chi connectivity index (χ1v) is 10.2. The Morgan fingerprint density at radius 3 is 2.85 bits per heavy atom. The van der Waals surface area contributed by atoms with Gasteiger partial charge in [0, 0.05) is 23.8 Å². The Morgan fingerprint density at radius 2 is 2.00 bits per heavy atom. The van der Waals surface area contributed by atoms with E-state index in [1.54, 1.807) is 11.3 Å². The van der Waals surface area contributed by atoms with E-state index in [0.717, 1.165) is 51.1 Å². The molecule has 26 heavy (non-hydrogen) atoms. The molecule has 2 unspecified atom stereocenters. The van der Waals surface area contributed by atoms with Crippen LogP contribution in [-0.2, 0) is 20.7 Å². The predicted octanol–water partition coefficient (Wildman–Crippen LogP) is 0.634. The van der Waals surface area contributed by atoms with Gasteiger partial charge in [-0.1, -0.05) is 18.6 Å². The first-order chi connectivity index (χ1) is 12.3. The number of hydrogen-bond donors (Lipinski definition) is 0. The van der Waals surface area contributed by atoms with Gasteiger partial charge in [-0.2, -0.15) is 0 Å². The molecule has 1 aromatic carbocycles. The number of rotatable bonds is 4. The highest BCUT2D eigenvalue weighted by Crippen LogP contribution is 2.28. The van der Waals surface area contributed by atoms with E-state index in [1.165, 1.54) is 16.5 Å². The number of esters is 1. The summed E-state index contributed by atoms with van der Waals surface area (Å²) in [7, 11) is 0. The largest absolute Gasteiger partial charge is 1.00 e. The average molecular weight is 395 g/mol. The maximum atomic E-state index is 12.6. The van der Waals surface area contributed by atoms with Crippen molar-refractivity contribution in [3.8, 4) is 0 Å². The van der Waals surface area contributed by atoms with Crippen molar-refractivity contribution in [2.75, 3.05) is 26.3 Å². The van der Waals surface area contributed by atoms with Crippen LogP contribution in [0.4, 0.5) is 0 Å². The minimum absolute atomic E-state index is 0. The van der Waals surface area contributed by atoms with Gasteiger partial charge in [0.2, 0.25) is 0 Å². The molecule has 6 heteroatoms. The summed E-state index contributed by atoms with van der Waals surface area (Å²) in [6.07, 6.45) is 4.87. The van der Waals surface area contributed by atoms with Crippen molar-refractivity contribution in [3.63, 3.8) is 0 Å². The highest BCUT2D eigenvalue weighted by molar-refractivity contribution is 7.17. The van der Waals surface area contributed by atoms with Crippen LogP contribution in [-0.4, -0.2) is 49.3 Å². The van der Waals surface area contributed by atoms with Crippen LogP contribution < -0.4 is 12.4 Å². The van der Waals surface area contributed by atoms with Gasteiger partial charge in [-0.05, 0) is 47.7 Å². The van der Waals surface area contributed by atoms with Gasteiger partial charge in [-0.3, -0.25) is 9.69 Å². The van der Waals surface area contributed by atoms with Crippen LogP contribution in [0.5, 0.6) is 0 Å². The number of benzene rings is 1. The van der Waals surface area contributed by atoms with Gasteiger partial charge in [0.1, 0.15) is 6.10 Å². The fraction of sp³-hybridized carbons (Fsp3) is 0.550. The Bertz CT molecular complexity index is 729. The second-order valence-electron chi connectivity index (χ2n) is 6.95. The summed E-state index contributed by atoms with van der Waals surface area (Å²) in [4.78, 5) is 15.1. The summed E-state index contributed by atoms with van der Waals surface area (Å²) >= 11 is 1.71.